The minimum atomic E-state index is -0.978. The molecule has 0 aliphatic carbocycles. The second kappa shape index (κ2) is 10.5. The summed E-state index contributed by atoms with van der Waals surface area (Å²) in [7, 11) is 0. The Morgan fingerprint density at radius 1 is 1.00 bits per heavy atom. The lowest BCUT2D eigenvalue weighted by molar-refractivity contribution is 0.0951. The van der Waals surface area contributed by atoms with Gasteiger partial charge in [0.1, 0.15) is 11.6 Å². The van der Waals surface area contributed by atoms with Gasteiger partial charge in [-0.1, -0.05) is 48.5 Å². The zero-order chi connectivity index (χ0) is 23.0. The fourth-order valence-corrected chi connectivity index (χ4v) is 3.35. The lowest BCUT2D eigenvalue weighted by Crippen LogP contribution is -2.25. The molecule has 7 heteroatoms. The summed E-state index contributed by atoms with van der Waals surface area (Å²) in [5, 5.41) is 16.4. The van der Waals surface area contributed by atoms with Crippen LogP contribution in [0.2, 0.25) is 0 Å². The van der Waals surface area contributed by atoms with Gasteiger partial charge in [-0.05, 0) is 41.5 Å². The van der Waals surface area contributed by atoms with Crippen molar-refractivity contribution in [3.8, 4) is 11.3 Å². The molecule has 6 nitrogen and oxygen atoms in total. The van der Waals surface area contributed by atoms with E-state index in [2.05, 4.69) is 20.6 Å². The van der Waals surface area contributed by atoms with Gasteiger partial charge in [0.05, 0.1) is 17.4 Å². The number of pyridine rings is 2. The van der Waals surface area contributed by atoms with Crippen molar-refractivity contribution in [2.75, 3.05) is 11.9 Å². The molecule has 1 unspecified atom stereocenters. The van der Waals surface area contributed by atoms with Crippen LogP contribution in [-0.2, 0) is 6.54 Å². The SMILES string of the molecule is O=C(NCc1cccnc1)c1ccc(-c2ccccc2)nc1NCC(O)c1cccc(F)c1. The number of benzene rings is 2. The van der Waals surface area contributed by atoms with Crippen LogP contribution in [0, 0.1) is 5.82 Å². The van der Waals surface area contributed by atoms with Gasteiger partial charge >= 0.3 is 0 Å². The Bertz CT molecular complexity index is 1220. The van der Waals surface area contributed by atoms with Gasteiger partial charge in [0.2, 0.25) is 0 Å². The maximum Gasteiger partial charge on any atom is 0.255 e. The fourth-order valence-electron chi connectivity index (χ4n) is 3.35. The standard InChI is InChI=1S/C26H23FN4O2/c27-21-10-4-9-20(14-21)24(32)17-29-25-22(26(33)30-16-18-6-5-13-28-15-18)11-12-23(31-25)19-7-2-1-3-8-19/h1-15,24,32H,16-17H2,(H,29,31)(H,30,33). The largest absolute Gasteiger partial charge is 0.387 e. The smallest absolute Gasteiger partial charge is 0.255 e. The number of nitrogens with one attached hydrogen (secondary N) is 2. The highest BCUT2D eigenvalue weighted by Crippen LogP contribution is 2.23. The summed E-state index contributed by atoms with van der Waals surface area (Å²) >= 11 is 0. The minimum Gasteiger partial charge on any atom is -0.387 e. The Labute approximate surface area is 191 Å². The Hall–Kier alpha value is -4.10. The summed E-state index contributed by atoms with van der Waals surface area (Å²) in [5.41, 5.74) is 3.22. The monoisotopic (exact) mass is 442 g/mol. The zero-order valence-electron chi connectivity index (χ0n) is 17.8. The number of carbonyl (C=O) groups is 1. The van der Waals surface area contributed by atoms with E-state index in [1.54, 1.807) is 42.7 Å². The first-order valence-corrected chi connectivity index (χ1v) is 10.5. The van der Waals surface area contributed by atoms with E-state index in [4.69, 9.17) is 0 Å². The Balaban J connectivity index is 1.56. The molecule has 1 amide bonds. The third-order valence-electron chi connectivity index (χ3n) is 5.08. The molecular formula is C26H23FN4O2. The molecule has 0 bridgehead atoms. The third-order valence-corrected chi connectivity index (χ3v) is 5.08. The fraction of sp³-hybridized carbons (Fsp3) is 0.115. The average molecular weight is 442 g/mol. The molecule has 2 aromatic carbocycles. The summed E-state index contributed by atoms with van der Waals surface area (Å²) in [4.78, 5) is 21.6. The van der Waals surface area contributed by atoms with E-state index in [1.807, 2.05) is 36.4 Å². The van der Waals surface area contributed by atoms with Gasteiger partial charge in [-0.3, -0.25) is 9.78 Å². The molecule has 0 spiro atoms. The Morgan fingerprint density at radius 3 is 2.61 bits per heavy atom. The molecule has 2 aromatic heterocycles. The van der Waals surface area contributed by atoms with Crippen LogP contribution in [0.15, 0.2) is 91.3 Å². The van der Waals surface area contributed by atoms with Gasteiger partial charge in [0.25, 0.3) is 5.91 Å². The second-order valence-corrected chi connectivity index (χ2v) is 7.45. The van der Waals surface area contributed by atoms with Crippen molar-refractivity contribution >= 4 is 11.7 Å². The Kier molecular flexibility index (Phi) is 7.02. The van der Waals surface area contributed by atoms with Gasteiger partial charge in [-0.25, -0.2) is 9.37 Å². The molecule has 0 radical (unpaired) electrons. The van der Waals surface area contributed by atoms with Crippen LogP contribution >= 0.6 is 0 Å². The van der Waals surface area contributed by atoms with Gasteiger partial charge in [0, 0.05) is 31.0 Å². The van der Waals surface area contributed by atoms with E-state index >= 15 is 0 Å². The van der Waals surface area contributed by atoms with Crippen LogP contribution in [0.25, 0.3) is 11.3 Å². The molecule has 0 aliphatic rings. The first-order valence-electron chi connectivity index (χ1n) is 10.5. The predicted molar refractivity (Wildman–Crippen MR) is 125 cm³/mol. The van der Waals surface area contributed by atoms with Crippen molar-refractivity contribution in [3.63, 3.8) is 0 Å². The van der Waals surface area contributed by atoms with Crippen molar-refractivity contribution in [3.05, 3.63) is 114 Å². The van der Waals surface area contributed by atoms with E-state index in [-0.39, 0.29) is 12.5 Å². The van der Waals surface area contributed by atoms with Crippen molar-refractivity contribution in [2.24, 2.45) is 0 Å². The maximum absolute atomic E-state index is 13.5. The highest BCUT2D eigenvalue weighted by molar-refractivity contribution is 5.99. The lowest BCUT2D eigenvalue weighted by atomic mass is 10.1. The molecule has 1 atom stereocenters. The number of halogens is 1. The highest BCUT2D eigenvalue weighted by atomic mass is 19.1. The molecule has 2 heterocycles. The number of aliphatic hydroxyl groups excluding tert-OH is 1. The van der Waals surface area contributed by atoms with E-state index in [9.17, 15) is 14.3 Å². The third kappa shape index (κ3) is 5.78. The van der Waals surface area contributed by atoms with Gasteiger partial charge < -0.3 is 15.7 Å². The average Bonchev–Trinajstić information content (AvgIpc) is 2.87. The summed E-state index contributed by atoms with van der Waals surface area (Å²) in [6, 6.07) is 22.5. The van der Waals surface area contributed by atoms with Crippen molar-refractivity contribution < 1.29 is 14.3 Å². The summed E-state index contributed by atoms with van der Waals surface area (Å²) < 4.78 is 13.5. The van der Waals surface area contributed by atoms with E-state index in [0.29, 0.717) is 29.2 Å². The van der Waals surface area contributed by atoms with E-state index in [1.165, 1.54) is 12.1 Å². The van der Waals surface area contributed by atoms with Gasteiger partial charge in [0.15, 0.2) is 0 Å². The molecule has 4 aromatic rings. The van der Waals surface area contributed by atoms with E-state index in [0.717, 1.165) is 11.1 Å². The molecule has 166 valence electrons. The molecule has 0 fully saturated rings. The second-order valence-electron chi connectivity index (χ2n) is 7.45. The molecule has 0 saturated carbocycles. The summed E-state index contributed by atoms with van der Waals surface area (Å²) in [5.74, 6) is -0.407. The van der Waals surface area contributed by atoms with Gasteiger partial charge in [-0.15, -0.1) is 0 Å². The van der Waals surface area contributed by atoms with Crippen LogP contribution in [0.3, 0.4) is 0 Å². The molecule has 0 aliphatic heterocycles. The van der Waals surface area contributed by atoms with Crippen LogP contribution in [0.5, 0.6) is 0 Å². The molecule has 0 saturated heterocycles. The number of carbonyl (C=O) groups excluding carboxylic acids is 1. The van der Waals surface area contributed by atoms with Crippen LogP contribution in [0.1, 0.15) is 27.6 Å². The van der Waals surface area contributed by atoms with Crippen molar-refractivity contribution in [1.82, 2.24) is 15.3 Å². The quantitative estimate of drug-likeness (QED) is 0.378. The number of aromatic nitrogens is 2. The number of aliphatic hydroxyl groups is 1. The number of hydrogen-bond donors (Lipinski definition) is 3. The number of nitrogens with zero attached hydrogens (tertiary/aromatic N) is 2. The lowest BCUT2D eigenvalue weighted by Gasteiger charge is -2.16. The highest BCUT2D eigenvalue weighted by Gasteiger charge is 2.16. The molecule has 4 rings (SSSR count). The molecule has 33 heavy (non-hydrogen) atoms. The predicted octanol–water partition coefficient (Wildman–Crippen LogP) is 4.36. The van der Waals surface area contributed by atoms with Crippen molar-refractivity contribution in [2.45, 2.75) is 12.6 Å². The molecular weight excluding hydrogens is 419 g/mol. The first kappa shape index (κ1) is 22.1. The van der Waals surface area contributed by atoms with Crippen LogP contribution in [-0.4, -0.2) is 27.5 Å². The van der Waals surface area contributed by atoms with Crippen molar-refractivity contribution in [1.29, 1.82) is 0 Å². The van der Waals surface area contributed by atoms with Crippen LogP contribution < -0.4 is 10.6 Å². The minimum absolute atomic E-state index is 0.0532. The maximum atomic E-state index is 13.5. The summed E-state index contributed by atoms with van der Waals surface area (Å²) in [6.07, 6.45) is 2.38. The van der Waals surface area contributed by atoms with E-state index < -0.39 is 11.9 Å². The van der Waals surface area contributed by atoms with Crippen LogP contribution in [0.4, 0.5) is 10.2 Å². The van der Waals surface area contributed by atoms with Gasteiger partial charge in [-0.2, -0.15) is 0 Å². The number of hydrogen-bond acceptors (Lipinski definition) is 5. The number of rotatable bonds is 8. The topological polar surface area (TPSA) is 87.1 Å². The summed E-state index contributed by atoms with van der Waals surface area (Å²) in [6.45, 7) is 0.371. The first-order chi connectivity index (χ1) is 16.1. The number of amides is 1. The zero-order valence-corrected chi connectivity index (χ0v) is 17.8. The number of anilines is 1. The molecule has 3 N–H and O–H groups in total. The Morgan fingerprint density at radius 2 is 1.85 bits per heavy atom. The normalized spacial score (nSPS) is 11.6.